The molecule has 3 unspecified atom stereocenters. The fourth-order valence-electron chi connectivity index (χ4n) is 2.84. The van der Waals surface area contributed by atoms with Gasteiger partial charge in [0, 0.05) is 0 Å². The molecule has 4 atom stereocenters. The number of rotatable bonds is 2. The smallest absolute Gasteiger partial charge is 0.339 e. The minimum absolute atomic E-state index is 0.233. The molecule has 0 aromatic rings. The third-order valence-electron chi connectivity index (χ3n) is 3.83. The van der Waals surface area contributed by atoms with Gasteiger partial charge in [-0.25, -0.2) is 4.79 Å². The first-order valence-corrected chi connectivity index (χ1v) is 5.16. The summed E-state index contributed by atoms with van der Waals surface area (Å²) < 4.78 is 5.16. The lowest BCUT2D eigenvalue weighted by Crippen LogP contribution is -2.79. The topological polar surface area (TPSA) is 75.6 Å². The number of aliphatic hydroxyl groups is 1. The highest BCUT2D eigenvalue weighted by atomic mass is 16.6. The van der Waals surface area contributed by atoms with Crippen molar-refractivity contribution in [2.45, 2.75) is 44.4 Å². The lowest BCUT2D eigenvalue weighted by molar-refractivity contribution is -0.238. The first kappa shape index (κ1) is 10.4. The van der Waals surface area contributed by atoms with E-state index in [9.17, 15) is 14.7 Å². The Kier molecular flexibility index (Phi) is 1.89. The number of nitrogens with one attached hydrogen (secondary N) is 1. The van der Waals surface area contributed by atoms with Crippen LogP contribution >= 0.6 is 0 Å². The van der Waals surface area contributed by atoms with Gasteiger partial charge in [-0.05, 0) is 20.3 Å². The van der Waals surface area contributed by atoms with E-state index < -0.39 is 29.1 Å². The number of esters is 1. The predicted molar refractivity (Wildman–Crippen MR) is 50.8 cm³/mol. The standard InChI is InChI=1S/C10H15NO4/c1-4-9-5(2)7(13)11-10(9,6(3)12)8(14)15-9/h5-6,12H,4H2,1-3H3,(H,11,13)/t5?,6?,9-,10?/m1/s1. The maximum Gasteiger partial charge on any atom is 0.339 e. The van der Waals surface area contributed by atoms with Gasteiger partial charge in [0.05, 0.1) is 12.0 Å². The van der Waals surface area contributed by atoms with Crippen molar-refractivity contribution in [2.24, 2.45) is 5.92 Å². The van der Waals surface area contributed by atoms with Gasteiger partial charge in [0.1, 0.15) is 0 Å². The summed E-state index contributed by atoms with van der Waals surface area (Å²) in [6, 6.07) is 0. The molecular weight excluding hydrogens is 198 g/mol. The molecule has 2 aliphatic heterocycles. The molecule has 5 nitrogen and oxygen atoms in total. The SMILES string of the molecule is CC[C@]12OC(=O)C1(C(C)O)NC(=O)C2C. The molecule has 0 saturated carbocycles. The summed E-state index contributed by atoms with van der Waals surface area (Å²) in [5.41, 5.74) is -2.09. The van der Waals surface area contributed by atoms with E-state index in [1.165, 1.54) is 6.92 Å². The number of carbonyl (C=O) groups excluding carboxylic acids is 2. The minimum Gasteiger partial charge on any atom is -0.453 e. The third-order valence-corrected chi connectivity index (χ3v) is 3.83. The lowest BCUT2D eigenvalue weighted by atomic mass is 9.67. The van der Waals surface area contributed by atoms with Crippen molar-refractivity contribution >= 4 is 11.9 Å². The Hall–Kier alpha value is -1.10. The van der Waals surface area contributed by atoms with Gasteiger partial charge in [-0.2, -0.15) is 0 Å². The van der Waals surface area contributed by atoms with Crippen LogP contribution in [-0.2, 0) is 14.3 Å². The van der Waals surface area contributed by atoms with Crippen LogP contribution in [0.1, 0.15) is 27.2 Å². The van der Waals surface area contributed by atoms with Crippen molar-refractivity contribution in [1.29, 1.82) is 0 Å². The van der Waals surface area contributed by atoms with Gasteiger partial charge < -0.3 is 15.2 Å². The Morgan fingerprint density at radius 1 is 1.60 bits per heavy atom. The number of hydrogen-bond acceptors (Lipinski definition) is 4. The summed E-state index contributed by atoms with van der Waals surface area (Å²) in [5, 5.41) is 12.3. The molecule has 2 fully saturated rings. The van der Waals surface area contributed by atoms with E-state index in [1.54, 1.807) is 6.92 Å². The average Bonchev–Trinajstić information content (AvgIpc) is 2.35. The number of hydrogen-bond donors (Lipinski definition) is 2. The second-order valence-electron chi connectivity index (χ2n) is 4.33. The number of carbonyl (C=O) groups is 2. The fraction of sp³-hybridized carbons (Fsp3) is 0.800. The molecule has 0 aliphatic carbocycles. The first-order valence-electron chi connectivity index (χ1n) is 5.16. The number of aliphatic hydroxyl groups excluding tert-OH is 1. The van der Waals surface area contributed by atoms with Gasteiger partial charge in [-0.1, -0.05) is 6.92 Å². The van der Waals surface area contributed by atoms with E-state index in [0.717, 1.165) is 0 Å². The van der Waals surface area contributed by atoms with Crippen LogP contribution in [0, 0.1) is 5.92 Å². The summed E-state index contributed by atoms with van der Waals surface area (Å²) in [6.07, 6.45) is -0.420. The molecule has 0 aromatic carbocycles. The molecule has 2 heterocycles. The minimum atomic E-state index is -1.22. The quantitative estimate of drug-likeness (QED) is 0.611. The Balaban J connectivity index is 2.51. The summed E-state index contributed by atoms with van der Waals surface area (Å²) in [6.45, 7) is 5.07. The predicted octanol–water partition coefficient (Wildman–Crippen LogP) is -0.423. The summed E-state index contributed by atoms with van der Waals surface area (Å²) in [7, 11) is 0. The Bertz CT molecular complexity index is 340. The summed E-state index contributed by atoms with van der Waals surface area (Å²) >= 11 is 0. The number of ether oxygens (including phenoxy) is 1. The van der Waals surface area contributed by atoms with E-state index in [-0.39, 0.29) is 5.91 Å². The molecule has 2 rings (SSSR count). The maximum atomic E-state index is 11.6. The summed E-state index contributed by atoms with van der Waals surface area (Å²) in [4.78, 5) is 23.1. The van der Waals surface area contributed by atoms with Crippen LogP contribution in [0.5, 0.6) is 0 Å². The van der Waals surface area contributed by atoms with Crippen LogP contribution < -0.4 is 5.32 Å². The molecule has 2 aliphatic rings. The van der Waals surface area contributed by atoms with Crippen LogP contribution in [0.15, 0.2) is 0 Å². The molecule has 0 radical (unpaired) electrons. The van der Waals surface area contributed by atoms with Crippen LogP contribution in [0.3, 0.4) is 0 Å². The molecule has 0 spiro atoms. The average molecular weight is 213 g/mol. The zero-order valence-electron chi connectivity index (χ0n) is 9.03. The zero-order chi connectivity index (χ0) is 11.4. The van der Waals surface area contributed by atoms with Crippen LogP contribution in [0.4, 0.5) is 0 Å². The van der Waals surface area contributed by atoms with Crippen LogP contribution in [0.2, 0.25) is 0 Å². The third kappa shape index (κ3) is 0.833. The normalized spacial score (nSPS) is 45.2. The molecule has 0 aromatic heterocycles. The van der Waals surface area contributed by atoms with Crippen LogP contribution in [-0.4, -0.2) is 34.2 Å². The van der Waals surface area contributed by atoms with E-state index >= 15 is 0 Å². The van der Waals surface area contributed by atoms with Gasteiger partial charge in [0.15, 0.2) is 5.60 Å². The molecule has 2 saturated heterocycles. The highest BCUT2D eigenvalue weighted by Gasteiger charge is 2.78. The second-order valence-corrected chi connectivity index (χ2v) is 4.33. The highest BCUT2D eigenvalue weighted by molar-refractivity contribution is 6.01. The van der Waals surface area contributed by atoms with Crippen molar-refractivity contribution in [2.75, 3.05) is 0 Å². The molecule has 1 amide bonds. The first-order chi connectivity index (χ1) is 6.92. The van der Waals surface area contributed by atoms with Gasteiger partial charge >= 0.3 is 5.97 Å². The van der Waals surface area contributed by atoms with E-state index in [4.69, 9.17) is 4.74 Å². The maximum absolute atomic E-state index is 11.6. The molecule has 84 valence electrons. The Morgan fingerprint density at radius 3 is 2.53 bits per heavy atom. The molecule has 0 bridgehead atoms. The van der Waals surface area contributed by atoms with Crippen molar-refractivity contribution in [3.63, 3.8) is 0 Å². The summed E-state index contributed by atoms with van der Waals surface area (Å²) in [5.74, 6) is -1.17. The van der Waals surface area contributed by atoms with E-state index in [2.05, 4.69) is 5.32 Å². The number of amides is 1. The van der Waals surface area contributed by atoms with Crippen molar-refractivity contribution in [3.8, 4) is 0 Å². The largest absolute Gasteiger partial charge is 0.453 e. The van der Waals surface area contributed by atoms with Gasteiger partial charge in [-0.3, -0.25) is 4.79 Å². The monoisotopic (exact) mass is 213 g/mol. The van der Waals surface area contributed by atoms with Gasteiger partial charge in [0.25, 0.3) is 0 Å². The molecular formula is C10H15NO4. The molecule has 5 heteroatoms. The van der Waals surface area contributed by atoms with Crippen LogP contribution in [0.25, 0.3) is 0 Å². The fourth-order valence-corrected chi connectivity index (χ4v) is 2.84. The van der Waals surface area contributed by atoms with E-state index in [1.807, 2.05) is 6.92 Å². The van der Waals surface area contributed by atoms with Gasteiger partial charge in [0.2, 0.25) is 11.4 Å². The zero-order valence-corrected chi connectivity index (χ0v) is 9.03. The number of fused-ring (bicyclic) bond motifs is 1. The molecule has 2 N–H and O–H groups in total. The van der Waals surface area contributed by atoms with E-state index in [0.29, 0.717) is 6.42 Å². The van der Waals surface area contributed by atoms with Crippen molar-refractivity contribution < 1.29 is 19.4 Å². The molecule has 15 heavy (non-hydrogen) atoms. The van der Waals surface area contributed by atoms with Gasteiger partial charge in [-0.15, -0.1) is 0 Å². The second kappa shape index (κ2) is 2.72. The lowest BCUT2D eigenvalue weighted by Gasteiger charge is -2.53. The van der Waals surface area contributed by atoms with Crippen molar-refractivity contribution in [3.05, 3.63) is 0 Å². The Labute approximate surface area is 87.8 Å². The van der Waals surface area contributed by atoms with Crippen molar-refractivity contribution in [1.82, 2.24) is 5.32 Å². The highest BCUT2D eigenvalue weighted by Crippen LogP contribution is 2.52. The Morgan fingerprint density at radius 2 is 2.20 bits per heavy atom.